The molecule has 0 saturated carbocycles. The lowest BCUT2D eigenvalue weighted by atomic mass is 10.2. The lowest BCUT2D eigenvalue weighted by molar-refractivity contribution is 0.277. The van der Waals surface area contributed by atoms with Crippen molar-refractivity contribution >= 4 is 28.6 Å². The summed E-state index contributed by atoms with van der Waals surface area (Å²) in [5.41, 5.74) is 1.41. The predicted molar refractivity (Wildman–Crippen MR) is 75.5 cm³/mol. The molecule has 19 heavy (non-hydrogen) atoms. The van der Waals surface area contributed by atoms with Crippen LogP contribution in [0.2, 0.25) is 5.28 Å². The predicted octanol–water partition coefficient (Wildman–Crippen LogP) is 1.90. The average molecular weight is 281 g/mol. The van der Waals surface area contributed by atoms with Gasteiger partial charge in [-0.3, -0.25) is 4.90 Å². The molecule has 3 heterocycles. The van der Waals surface area contributed by atoms with Gasteiger partial charge in [-0.2, -0.15) is 9.97 Å². The highest BCUT2D eigenvalue weighted by Crippen LogP contribution is 2.21. The summed E-state index contributed by atoms with van der Waals surface area (Å²) in [7, 11) is 0. The number of nitrogens with one attached hydrogen (secondary N) is 2. The van der Waals surface area contributed by atoms with Gasteiger partial charge in [-0.05, 0) is 37.5 Å². The van der Waals surface area contributed by atoms with Crippen LogP contribution in [0.25, 0.3) is 11.2 Å². The Hall–Kier alpha value is -1.40. The van der Waals surface area contributed by atoms with E-state index < -0.39 is 0 Å². The van der Waals surface area contributed by atoms with Crippen LogP contribution in [0.1, 0.15) is 19.8 Å². The van der Waals surface area contributed by atoms with Gasteiger partial charge < -0.3 is 10.3 Å². The Bertz CT molecular complexity index is 568. The topological polar surface area (TPSA) is 69.7 Å². The fourth-order valence-corrected chi connectivity index (χ4v) is 2.86. The number of hydrogen-bond donors (Lipinski definition) is 2. The van der Waals surface area contributed by atoms with Gasteiger partial charge in [-0.15, -0.1) is 0 Å². The summed E-state index contributed by atoms with van der Waals surface area (Å²) in [6.45, 7) is 5.35. The average Bonchev–Trinajstić information content (AvgIpc) is 3.03. The minimum absolute atomic E-state index is 0.223. The zero-order valence-electron chi connectivity index (χ0n) is 10.9. The molecule has 0 bridgehead atoms. The smallest absolute Gasteiger partial charge is 0.226 e. The molecule has 0 aromatic carbocycles. The van der Waals surface area contributed by atoms with Gasteiger partial charge in [0.1, 0.15) is 5.52 Å². The van der Waals surface area contributed by atoms with Crippen LogP contribution < -0.4 is 5.32 Å². The van der Waals surface area contributed by atoms with Gasteiger partial charge in [0, 0.05) is 12.6 Å². The lowest BCUT2D eigenvalue weighted by Crippen LogP contribution is -2.34. The first-order valence-corrected chi connectivity index (χ1v) is 7.00. The molecule has 0 amide bonds. The molecule has 1 saturated heterocycles. The van der Waals surface area contributed by atoms with Gasteiger partial charge in [0.25, 0.3) is 0 Å². The van der Waals surface area contributed by atoms with E-state index in [0.717, 1.165) is 24.4 Å². The molecule has 1 atom stereocenters. The molecular weight excluding hydrogens is 264 g/mol. The van der Waals surface area contributed by atoms with Gasteiger partial charge in [0.15, 0.2) is 11.5 Å². The Morgan fingerprint density at radius 1 is 1.53 bits per heavy atom. The number of rotatable bonds is 4. The highest BCUT2D eigenvalue weighted by Gasteiger charge is 2.23. The zero-order valence-corrected chi connectivity index (χ0v) is 11.6. The summed E-state index contributed by atoms with van der Waals surface area (Å²) >= 11 is 5.91. The first-order chi connectivity index (χ1) is 9.28. The second-order valence-corrected chi connectivity index (χ2v) is 5.09. The van der Waals surface area contributed by atoms with E-state index in [1.807, 2.05) is 0 Å². The normalized spacial score (nSPS) is 20.2. The fraction of sp³-hybridized carbons (Fsp3) is 0.583. The van der Waals surface area contributed by atoms with Crippen molar-refractivity contribution in [2.24, 2.45) is 0 Å². The number of likely N-dealkylation sites (tertiary alicyclic amines) is 1. The van der Waals surface area contributed by atoms with Crippen molar-refractivity contribution in [1.29, 1.82) is 0 Å². The number of likely N-dealkylation sites (N-methyl/N-ethyl adjacent to an activating group) is 1. The summed E-state index contributed by atoms with van der Waals surface area (Å²) in [5, 5.41) is 3.60. The Labute approximate surface area is 116 Å². The maximum atomic E-state index is 5.91. The van der Waals surface area contributed by atoms with Crippen molar-refractivity contribution < 1.29 is 0 Å². The number of halogens is 1. The molecule has 2 aromatic heterocycles. The molecule has 1 aliphatic rings. The molecule has 3 rings (SSSR count). The first-order valence-electron chi connectivity index (χ1n) is 6.62. The van der Waals surface area contributed by atoms with Crippen LogP contribution in [-0.4, -0.2) is 50.5 Å². The third-order valence-corrected chi connectivity index (χ3v) is 3.84. The number of imidazole rings is 1. The van der Waals surface area contributed by atoms with E-state index in [1.165, 1.54) is 19.4 Å². The molecule has 0 unspecified atom stereocenters. The van der Waals surface area contributed by atoms with E-state index in [0.29, 0.717) is 11.7 Å². The van der Waals surface area contributed by atoms with E-state index in [1.54, 1.807) is 6.33 Å². The Balaban J connectivity index is 1.76. The van der Waals surface area contributed by atoms with Crippen LogP contribution in [0.5, 0.6) is 0 Å². The van der Waals surface area contributed by atoms with Crippen LogP contribution >= 0.6 is 11.6 Å². The van der Waals surface area contributed by atoms with Crippen molar-refractivity contribution in [3.05, 3.63) is 11.6 Å². The second-order valence-electron chi connectivity index (χ2n) is 4.75. The number of fused-ring (bicyclic) bond motifs is 1. The standard InChI is InChI=1S/C12H17ClN6/c1-2-19-5-3-4-8(19)6-14-10-9-11(16-7-15-9)18-12(13)17-10/h7-8H,2-6H2,1H3,(H2,14,15,16,17,18)/t8-/m0/s1. The fourth-order valence-electron chi connectivity index (χ4n) is 2.69. The molecule has 1 fully saturated rings. The highest BCUT2D eigenvalue weighted by atomic mass is 35.5. The maximum absolute atomic E-state index is 5.91. The van der Waals surface area contributed by atoms with Crippen molar-refractivity contribution in [3.63, 3.8) is 0 Å². The molecule has 2 N–H and O–H groups in total. The van der Waals surface area contributed by atoms with Crippen molar-refractivity contribution in [3.8, 4) is 0 Å². The van der Waals surface area contributed by atoms with E-state index in [9.17, 15) is 0 Å². The van der Waals surface area contributed by atoms with E-state index >= 15 is 0 Å². The van der Waals surface area contributed by atoms with Crippen LogP contribution in [0.4, 0.5) is 5.82 Å². The number of H-pyrrole nitrogens is 1. The van der Waals surface area contributed by atoms with Crippen molar-refractivity contribution in [2.75, 3.05) is 25.0 Å². The molecular formula is C12H17ClN6. The monoisotopic (exact) mass is 280 g/mol. The Kier molecular flexibility index (Phi) is 3.52. The summed E-state index contributed by atoms with van der Waals surface area (Å²) in [4.78, 5) is 17.9. The molecule has 6 nitrogen and oxygen atoms in total. The second kappa shape index (κ2) is 5.30. The quantitative estimate of drug-likeness (QED) is 0.837. The van der Waals surface area contributed by atoms with Gasteiger partial charge in [0.2, 0.25) is 5.28 Å². The molecule has 0 radical (unpaired) electrons. The van der Waals surface area contributed by atoms with Crippen LogP contribution in [-0.2, 0) is 0 Å². The number of aromatic nitrogens is 4. The van der Waals surface area contributed by atoms with E-state index in [2.05, 4.69) is 37.1 Å². The van der Waals surface area contributed by atoms with Crippen LogP contribution in [0.3, 0.4) is 0 Å². The zero-order chi connectivity index (χ0) is 13.2. The Morgan fingerprint density at radius 3 is 3.26 bits per heavy atom. The number of hydrogen-bond acceptors (Lipinski definition) is 5. The number of anilines is 1. The summed E-state index contributed by atoms with van der Waals surface area (Å²) in [6.07, 6.45) is 4.10. The third-order valence-electron chi connectivity index (χ3n) is 3.67. The molecule has 7 heteroatoms. The van der Waals surface area contributed by atoms with Crippen LogP contribution in [0, 0.1) is 0 Å². The van der Waals surface area contributed by atoms with Crippen molar-refractivity contribution in [2.45, 2.75) is 25.8 Å². The molecule has 102 valence electrons. The first kappa shape index (κ1) is 12.6. The molecule has 1 aliphatic heterocycles. The molecule has 2 aromatic rings. The number of nitrogens with zero attached hydrogens (tertiary/aromatic N) is 4. The largest absolute Gasteiger partial charge is 0.367 e. The van der Waals surface area contributed by atoms with Gasteiger partial charge in [-0.1, -0.05) is 6.92 Å². The van der Waals surface area contributed by atoms with E-state index in [-0.39, 0.29) is 5.28 Å². The minimum Gasteiger partial charge on any atom is -0.367 e. The maximum Gasteiger partial charge on any atom is 0.226 e. The molecule has 0 aliphatic carbocycles. The third kappa shape index (κ3) is 2.50. The van der Waals surface area contributed by atoms with Gasteiger partial charge in [0.05, 0.1) is 6.33 Å². The Morgan fingerprint density at radius 2 is 2.42 bits per heavy atom. The summed E-state index contributed by atoms with van der Waals surface area (Å²) in [6, 6.07) is 0.566. The molecule has 0 spiro atoms. The summed E-state index contributed by atoms with van der Waals surface area (Å²) < 4.78 is 0. The van der Waals surface area contributed by atoms with Gasteiger partial charge >= 0.3 is 0 Å². The minimum atomic E-state index is 0.223. The summed E-state index contributed by atoms with van der Waals surface area (Å²) in [5.74, 6) is 0.732. The highest BCUT2D eigenvalue weighted by molar-refractivity contribution is 6.28. The van der Waals surface area contributed by atoms with Gasteiger partial charge in [-0.25, -0.2) is 4.98 Å². The number of aromatic amines is 1. The van der Waals surface area contributed by atoms with Crippen LogP contribution in [0.15, 0.2) is 6.33 Å². The van der Waals surface area contributed by atoms with E-state index in [4.69, 9.17) is 11.6 Å². The lowest BCUT2D eigenvalue weighted by Gasteiger charge is -2.23. The SMILES string of the molecule is CCN1CCC[C@H]1CNc1nc(Cl)nc2nc[nH]c12. The van der Waals surface area contributed by atoms with Crippen molar-refractivity contribution in [1.82, 2.24) is 24.8 Å².